The zero-order valence-corrected chi connectivity index (χ0v) is 21.5. The largest absolute Gasteiger partial charge is 0.480 e. The highest BCUT2D eigenvalue weighted by atomic mass is 32.1. The quantitative estimate of drug-likeness (QED) is 0.320. The number of aryl methyl sites for hydroxylation is 1. The molecule has 3 rings (SSSR count). The summed E-state index contributed by atoms with van der Waals surface area (Å²) in [5.74, 6) is -0.0950. The molecule has 0 aliphatic carbocycles. The number of nitrogens with one attached hydrogen (secondary N) is 2. The molecule has 1 amide bonds. The monoisotopic (exact) mass is 484 g/mol. The van der Waals surface area contributed by atoms with E-state index in [0.717, 1.165) is 47.4 Å². The molecule has 0 fully saturated rings. The maximum absolute atomic E-state index is 12.9. The van der Waals surface area contributed by atoms with Gasteiger partial charge in [0.1, 0.15) is 23.9 Å². The van der Waals surface area contributed by atoms with Gasteiger partial charge in [0.25, 0.3) is 0 Å². The molecule has 0 unspecified atom stereocenters. The van der Waals surface area contributed by atoms with E-state index in [0.29, 0.717) is 12.5 Å². The summed E-state index contributed by atoms with van der Waals surface area (Å²) in [4.78, 5) is 30.2. The number of fused-ring (bicyclic) bond motifs is 1. The Labute approximate surface area is 205 Å². The Bertz CT molecular complexity index is 1120. The molecule has 2 aromatic heterocycles. The van der Waals surface area contributed by atoms with E-state index < -0.39 is 18.6 Å². The Morgan fingerprint density at radius 1 is 1.18 bits per heavy atom. The fourth-order valence-corrected chi connectivity index (χ4v) is 5.11. The van der Waals surface area contributed by atoms with Crippen LogP contribution in [0, 0.1) is 12.8 Å². The van der Waals surface area contributed by atoms with Crippen LogP contribution in [-0.4, -0.2) is 39.1 Å². The summed E-state index contributed by atoms with van der Waals surface area (Å²) >= 11 is 1.73. The molecule has 0 spiro atoms. The van der Waals surface area contributed by atoms with Gasteiger partial charge in [0.05, 0.1) is 11.2 Å². The number of aliphatic carboxylic acids is 1. The number of anilines is 1. The van der Waals surface area contributed by atoms with E-state index in [-0.39, 0.29) is 11.8 Å². The Morgan fingerprint density at radius 2 is 1.91 bits per heavy atom. The number of imidazole rings is 1. The van der Waals surface area contributed by atoms with E-state index in [1.165, 1.54) is 4.88 Å². The van der Waals surface area contributed by atoms with Crippen LogP contribution in [0.2, 0.25) is 0 Å². The second-order valence-corrected chi connectivity index (χ2v) is 10.2. The van der Waals surface area contributed by atoms with Crippen LogP contribution in [0.3, 0.4) is 0 Å². The average Bonchev–Trinajstić information content (AvgIpc) is 3.42. The van der Waals surface area contributed by atoms with Gasteiger partial charge in [-0.05, 0) is 55.2 Å². The fraction of sp³-hybridized carbons (Fsp3) is 0.500. The SMILES string of the molecule is CCC(CC)n1c(Cc2cccs2)nc2c(N[C@@H](CC(C)C)C(=O)NCC(=O)O)c(C)ccc21. The highest BCUT2D eigenvalue weighted by molar-refractivity contribution is 7.09. The number of hydrogen-bond acceptors (Lipinski definition) is 5. The van der Waals surface area contributed by atoms with E-state index in [4.69, 9.17) is 10.1 Å². The van der Waals surface area contributed by atoms with Gasteiger partial charge < -0.3 is 20.3 Å². The van der Waals surface area contributed by atoms with Crippen molar-refractivity contribution in [2.24, 2.45) is 5.92 Å². The number of amides is 1. The first-order chi connectivity index (χ1) is 16.2. The Morgan fingerprint density at radius 3 is 2.50 bits per heavy atom. The van der Waals surface area contributed by atoms with Crippen molar-refractivity contribution in [2.75, 3.05) is 11.9 Å². The molecule has 0 radical (unpaired) electrons. The van der Waals surface area contributed by atoms with Crippen LogP contribution in [-0.2, 0) is 16.0 Å². The predicted molar refractivity (Wildman–Crippen MR) is 139 cm³/mol. The predicted octanol–water partition coefficient (Wildman–Crippen LogP) is 5.39. The van der Waals surface area contributed by atoms with Crippen LogP contribution in [0.15, 0.2) is 29.6 Å². The highest BCUT2D eigenvalue weighted by Crippen LogP contribution is 2.33. The number of nitrogens with zero attached hydrogens (tertiary/aromatic N) is 2. The molecule has 0 aliphatic heterocycles. The molecule has 184 valence electrons. The molecule has 1 aromatic carbocycles. The van der Waals surface area contributed by atoms with Gasteiger partial charge in [-0.1, -0.05) is 39.8 Å². The van der Waals surface area contributed by atoms with Crippen molar-refractivity contribution in [3.05, 3.63) is 45.9 Å². The van der Waals surface area contributed by atoms with E-state index in [9.17, 15) is 9.59 Å². The molecule has 7 nitrogen and oxygen atoms in total. The number of carboxylic acid groups (broad SMARTS) is 1. The molecular formula is C26H36N4O3S. The summed E-state index contributed by atoms with van der Waals surface area (Å²) in [5.41, 5.74) is 3.76. The van der Waals surface area contributed by atoms with E-state index >= 15 is 0 Å². The lowest BCUT2D eigenvalue weighted by atomic mass is 10.0. The topological polar surface area (TPSA) is 96.3 Å². The molecule has 3 aromatic rings. The van der Waals surface area contributed by atoms with E-state index in [1.54, 1.807) is 11.3 Å². The van der Waals surface area contributed by atoms with Crippen LogP contribution >= 0.6 is 11.3 Å². The highest BCUT2D eigenvalue weighted by Gasteiger charge is 2.25. The number of carbonyl (C=O) groups is 2. The van der Waals surface area contributed by atoms with Gasteiger partial charge in [-0.15, -0.1) is 11.3 Å². The molecule has 0 bridgehead atoms. The molecule has 0 aliphatic rings. The number of carbonyl (C=O) groups excluding carboxylic acids is 1. The summed E-state index contributed by atoms with van der Waals surface area (Å²) in [6.45, 7) is 10.1. The fourth-order valence-electron chi connectivity index (χ4n) is 4.41. The van der Waals surface area contributed by atoms with Crippen molar-refractivity contribution < 1.29 is 14.7 Å². The van der Waals surface area contributed by atoms with Gasteiger partial charge in [0.2, 0.25) is 5.91 Å². The first kappa shape index (κ1) is 25.7. The summed E-state index contributed by atoms with van der Waals surface area (Å²) < 4.78 is 2.36. The molecule has 34 heavy (non-hydrogen) atoms. The average molecular weight is 485 g/mol. The first-order valence-corrected chi connectivity index (χ1v) is 12.9. The lowest BCUT2D eigenvalue weighted by Gasteiger charge is -2.23. The molecule has 3 N–H and O–H groups in total. The Hall–Kier alpha value is -2.87. The summed E-state index contributed by atoms with van der Waals surface area (Å²) in [5, 5.41) is 17.1. The molecule has 1 atom stereocenters. The van der Waals surface area contributed by atoms with Crippen LogP contribution < -0.4 is 10.6 Å². The van der Waals surface area contributed by atoms with E-state index in [2.05, 4.69) is 58.7 Å². The number of hydrogen-bond donors (Lipinski definition) is 3. The maximum atomic E-state index is 12.9. The van der Waals surface area contributed by atoms with Crippen LogP contribution in [0.4, 0.5) is 5.69 Å². The summed E-state index contributed by atoms with van der Waals surface area (Å²) in [6.07, 6.45) is 3.35. The van der Waals surface area contributed by atoms with Crippen LogP contribution in [0.5, 0.6) is 0 Å². The van der Waals surface area contributed by atoms with E-state index in [1.807, 2.05) is 20.8 Å². The number of aromatic nitrogens is 2. The van der Waals surface area contributed by atoms with Crippen molar-refractivity contribution in [2.45, 2.75) is 72.4 Å². The normalized spacial score (nSPS) is 12.4. The Kier molecular flexibility index (Phi) is 8.72. The van der Waals surface area contributed by atoms with Crippen LogP contribution in [0.25, 0.3) is 11.0 Å². The molecule has 8 heteroatoms. The number of thiophene rings is 1. The molecule has 0 saturated carbocycles. The van der Waals surface area contributed by atoms with Gasteiger partial charge >= 0.3 is 5.97 Å². The number of carboxylic acids is 1. The van der Waals surface area contributed by atoms with Gasteiger partial charge in [-0.3, -0.25) is 9.59 Å². The van der Waals surface area contributed by atoms with Gasteiger partial charge in [0, 0.05) is 17.3 Å². The second kappa shape index (κ2) is 11.5. The van der Waals surface area contributed by atoms with Crippen molar-refractivity contribution in [1.82, 2.24) is 14.9 Å². The van der Waals surface area contributed by atoms with Crippen molar-refractivity contribution in [1.29, 1.82) is 0 Å². The minimum atomic E-state index is -1.06. The third-order valence-corrected chi connectivity index (χ3v) is 7.00. The van der Waals surface area contributed by atoms with Crippen molar-refractivity contribution in [3.63, 3.8) is 0 Å². The summed E-state index contributed by atoms with van der Waals surface area (Å²) in [6, 6.07) is 8.18. The summed E-state index contributed by atoms with van der Waals surface area (Å²) in [7, 11) is 0. The maximum Gasteiger partial charge on any atom is 0.322 e. The lowest BCUT2D eigenvalue weighted by molar-refractivity contribution is -0.138. The third kappa shape index (κ3) is 5.97. The smallest absolute Gasteiger partial charge is 0.322 e. The number of benzene rings is 1. The lowest BCUT2D eigenvalue weighted by Crippen LogP contribution is -2.42. The van der Waals surface area contributed by atoms with Crippen molar-refractivity contribution >= 4 is 39.9 Å². The van der Waals surface area contributed by atoms with Gasteiger partial charge in [0.15, 0.2) is 0 Å². The number of rotatable bonds is 12. The minimum Gasteiger partial charge on any atom is -0.480 e. The van der Waals surface area contributed by atoms with Gasteiger partial charge in [-0.2, -0.15) is 0 Å². The van der Waals surface area contributed by atoms with Gasteiger partial charge in [-0.25, -0.2) is 4.98 Å². The molecular weight excluding hydrogens is 448 g/mol. The first-order valence-electron chi connectivity index (χ1n) is 12.0. The second-order valence-electron chi connectivity index (χ2n) is 9.19. The minimum absolute atomic E-state index is 0.254. The zero-order valence-electron chi connectivity index (χ0n) is 20.7. The van der Waals surface area contributed by atoms with Crippen LogP contribution in [0.1, 0.15) is 69.3 Å². The third-order valence-electron chi connectivity index (χ3n) is 6.12. The molecule has 2 heterocycles. The molecule has 0 saturated heterocycles. The Balaban J connectivity index is 2.07. The standard InChI is InChI=1S/C26H36N4O3S/c1-6-18(7-2)30-21-11-10-17(5)24(25(21)29-22(30)14-19-9-8-12-34-19)28-20(13-16(3)4)26(33)27-15-23(31)32/h8-12,16,18,20,28H,6-7,13-15H2,1-5H3,(H,27,33)(H,31,32)/t20-/m0/s1. The van der Waals surface area contributed by atoms with Crippen molar-refractivity contribution in [3.8, 4) is 0 Å². The zero-order chi connectivity index (χ0) is 24.8.